The predicted octanol–water partition coefficient (Wildman–Crippen LogP) is 3.39. The second kappa shape index (κ2) is 8.82. The van der Waals surface area contributed by atoms with E-state index in [2.05, 4.69) is 5.32 Å². The number of nitrogens with one attached hydrogen (secondary N) is 1. The third-order valence-electron chi connectivity index (χ3n) is 3.71. The first-order valence-electron chi connectivity index (χ1n) is 7.09. The highest BCUT2D eigenvalue weighted by Gasteiger charge is 2.27. The molecule has 1 saturated heterocycles. The second-order valence-electron chi connectivity index (χ2n) is 5.22. The lowest BCUT2D eigenvalue weighted by molar-refractivity contribution is -0.139. The SMILES string of the molecule is CNC1CCCN(C(=O)C(C)Oc2cccc(Cl)c2Cl)C1.Cl. The summed E-state index contributed by atoms with van der Waals surface area (Å²) in [5.41, 5.74) is 0. The van der Waals surface area contributed by atoms with E-state index in [1.807, 2.05) is 11.9 Å². The zero-order valence-corrected chi connectivity index (χ0v) is 15.0. The summed E-state index contributed by atoms with van der Waals surface area (Å²) in [6, 6.07) is 5.50. The molecule has 1 aliphatic rings. The van der Waals surface area contributed by atoms with Gasteiger partial charge in [0.2, 0.25) is 0 Å². The van der Waals surface area contributed by atoms with Crippen LogP contribution in [0.25, 0.3) is 0 Å². The number of nitrogens with zero attached hydrogens (tertiary/aromatic N) is 1. The molecule has 2 atom stereocenters. The quantitative estimate of drug-likeness (QED) is 0.887. The molecule has 4 nitrogen and oxygen atoms in total. The van der Waals surface area contributed by atoms with Gasteiger partial charge in [-0.25, -0.2) is 0 Å². The van der Waals surface area contributed by atoms with Crippen LogP contribution < -0.4 is 10.1 Å². The first-order valence-corrected chi connectivity index (χ1v) is 7.85. The van der Waals surface area contributed by atoms with Crippen LogP contribution in [0.3, 0.4) is 0 Å². The summed E-state index contributed by atoms with van der Waals surface area (Å²) in [7, 11) is 1.92. The molecule has 0 aliphatic carbocycles. The Labute approximate surface area is 147 Å². The summed E-state index contributed by atoms with van der Waals surface area (Å²) < 4.78 is 5.68. The van der Waals surface area contributed by atoms with Crippen LogP contribution in [0.4, 0.5) is 0 Å². The number of amides is 1. The van der Waals surface area contributed by atoms with E-state index < -0.39 is 6.10 Å². The molecule has 0 radical (unpaired) electrons. The van der Waals surface area contributed by atoms with Crippen molar-refractivity contribution in [3.8, 4) is 5.75 Å². The fourth-order valence-corrected chi connectivity index (χ4v) is 2.82. The van der Waals surface area contributed by atoms with Gasteiger partial charge < -0.3 is 15.0 Å². The van der Waals surface area contributed by atoms with Gasteiger partial charge in [0.1, 0.15) is 10.8 Å². The summed E-state index contributed by atoms with van der Waals surface area (Å²) in [4.78, 5) is 14.3. The van der Waals surface area contributed by atoms with Gasteiger partial charge in [0, 0.05) is 19.1 Å². The number of ether oxygens (including phenoxy) is 1. The Kier molecular flexibility index (Phi) is 7.77. The highest BCUT2D eigenvalue weighted by molar-refractivity contribution is 6.42. The number of hydrogen-bond donors (Lipinski definition) is 1. The molecule has 1 N–H and O–H groups in total. The number of likely N-dealkylation sites (N-methyl/N-ethyl adjacent to an activating group) is 1. The fourth-order valence-electron chi connectivity index (χ4n) is 2.49. The minimum Gasteiger partial charge on any atom is -0.479 e. The Bertz CT molecular complexity index is 514. The van der Waals surface area contributed by atoms with Crippen LogP contribution in [0.2, 0.25) is 10.0 Å². The maximum atomic E-state index is 12.5. The number of halogens is 3. The molecular weight excluding hydrogens is 347 g/mol. The third-order valence-corrected chi connectivity index (χ3v) is 4.51. The van der Waals surface area contributed by atoms with Gasteiger partial charge >= 0.3 is 0 Å². The van der Waals surface area contributed by atoms with Crippen molar-refractivity contribution in [3.05, 3.63) is 28.2 Å². The highest BCUT2D eigenvalue weighted by Crippen LogP contribution is 2.32. The molecular formula is C15H21Cl3N2O2. The second-order valence-corrected chi connectivity index (χ2v) is 6.01. The zero-order chi connectivity index (χ0) is 15.4. The van der Waals surface area contributed by atoms with Gasteiger partial charge in [0.25, 0.3) is 5.91 Å². The topological polar surface area (TPSA) is 41.6 Å². The third kappa shape index (κ3) is 4.66. The summed E-state index contributed by atoms with van der Waals surface area (Å²) in [6.45, 7) is 3.23. The Morgan fingerprint density at radius 2 is 2.18 bits per heavy atom. The molecule has 1 aromatic rings. The molecule has 22 heavy (non-hydrogen) atoms. The van der Waals surface area contributed by atoms with Crippen molar-refractivity contribution in [2.75, 3.05) is 20.1 Å². The minimum absolute atomic E-state index is 0. The maximum absolute atomic E-state index is 12.5. The smallest absolute Gasteiger partial charge is 0.263 e. The first kappa shape index (κ1) is 19.4. The highest BCUT2D eigenvalue weighted by atomic mass is 35.5. The van der Waals surface area contributed by atoms with Gasteiger partial charge in [-0.3, -0.25) is 4.79 Å². The van der Waals surface area contributed by atoms with Gasteiger partial charge in [0.05, 0.1) is 5.02 Å². The lowest BCUT2D eigenvalue weighted by Crippen LogP contribution is -2.50. The van der Waals surface area contributed by atoms with Crippen LogP contribution in [0.15, 0.2) is 18.2 Å². The molecule has 1 heterocycles. The molecule has 0 saturated carbocycles. The number of rotatable bonds is 4. The Morgan fingerprint density at radius 1 is 1.45 bits per heavy atom. The molecule has 0 aromatic heterocycles. The Balaban J connectivity index is 0.00000242. The van der Waals surface area contributed by atoms with E-state index in [4.69, 9.17) is 27.9 Å². The molecule has 0 bridgehead atoms. The Hall–Kier alpha value is -0.680. The number of hydrogen-bond acceptors (Lipinski definition) is 3. The van der Waals surface area contributed by atoms with E-state index >= 15 is 0 Å². The molecule has 1 aliphatic heterocycles. The van der Waals surface area contributed by atoms with Crippen LogP contribution in [-0.2, 0) is 4.79 Å². The molecule has 124 valence electrons. The lowest BCUT2D eigenvalue weighted by Gasteiger charge is -2.34. The van der Waals surface area contributed by atoms with Gasteiger partial charge in [-0.15, -0.1) is 12.4 Å². The number of likely N-dealkylation sites (tertiary alicyclic amines) is 1. The van der Waals surface area contributed by atoms with Crippen molar-refractivity contribution < 1.29 is 9.53 Å². The Morgan fingerprint density at radius 3 is 2.86 bits per heavy atom. The van der Waals surface area contributed by atoms with Crippen molar-refractivity contribution >= 4 is 41.5 Å². The maximum Gasteiger partial charge on any atom is 0.263 e. The van der Waals surface area contributed by atoms with Gasteiger partial charge in [-0.1, -0.05) is 29.3 Å². The molecule has 1 amide bonds. The van der Waals surface area contributed by atoms with Crippen molar-refractivity contribution in [1.82, 2.24) is 10.2 Å². The van der Waals surface area contributed by atoms with E-state index in [-0.39, 0.29) is 18.3 Å². The van der Waals surface area contributed by atoms with Crippen LogP contribution >= 0.6 is 35.6 Å². The van der Waals surface area contributed by atoms with Crippen molar-refractivity contribution in [3.63, 3.8) is 0 Å². The number of carbonyl (C=O) groups is 1. The van der Waals surface area contributed by atoms with E-state index in [1.54, 1.807) is 25.1 Å². The lowest BCUT2D eigenvalue weighted by atomic mass is 10.1. The van der Waals surface area contributed by atoms with Crippen LogP contribution in [0.1, 0.15) is 19.8 Å². The standard InChI is InChI=1S/C15H20Cl2N2O2.ClH/c1-10(21-13-7-3-6-12(16)14(13)17)15(20)19-8-4-5-11(9-19)18-2;/h3,6-7,10-11,18H,4-5,8-9H2,1-2H3;1H. The molecule has 1 aromatic carbocycles. The zero-order valence-electron chi connectivity index (χ0n) is 12.6. The molecule has 2 rings (SSSR count). The summed E-state index contributed by atoms with van der Waals surface area (Å²) in [5, 5.41) is 3.98. The van der Waals surface area contributed by atoms with E-state index in [1.165, 1.54) is 0 Å². The van der Waals surface area contributed by atoms with E-state index in [9.17, 15) is 4.79 Å². The van der Waals surface area contributed by atoms with Crippen LogP contribution in [0, 0.1) is 0 Å². The summed E-state index contributed by atoms with van der Waals surface area (Å²) >= 11 is 12.0. The number of carbonyl (C=O) groups excluding carboxylic acids is 1. The monoisotopic (exact) mass is 366 g/mol. The van der Waals surface area contributed by atoms with Gasteiger partial charge in [-0.05, 0) is 38.9 Å². The summed E-state index contributed by atoms with van der Waals surface area (Å²) in [5.74, 6) is 0.415. The normalized spacial score (nSPS) is 19.3. The van der Waals surface area contributed by atoms with Gasteiger partial charge in [0.15, 0.2) is 6.10 Å². The van der Waals surface area contributed by atoms with Crippen molar-refractivity contribution in [2.24, 2.45) is 0 Å². The van der Waals surface area contributed by atoms with Crippen LogP contribution in [0.5, 0.6) is 5.75 Å². The predicted molar refractivity (Wildman–Crippen MR) is 92.5 cm³/mol. The largest absolute Gasteiger partial charge is 0.479 e. The molecule has 0 spiro atoms. The van der Waals surface area contributed by atoms with Crippen molar-refractivity contribution in [1.29, 1.82) is 0 Å². The average Bonchev–Trinajstić information content (AvgIpc) is 2.51. The number of benzene rings is 1. The first-order chi connectivity index (χ1) is 10.0. The van der Waals surface area contributed by atoms with Crippen LogP contribution in [-0.4, -0.2) is 43.1 Å². The average molecular weight is 368 g/mol. The van der Waals surface area contributed by atoms with Crippen molar-refractivity contribution in [2.45, 2.75) is 31.9 Å². The molecule has 1 fully saturated rings. The molecule has 2 unspecified atom stereocenters. The van der Waals surface area contributed by atoms with Gasteiger partial charge in [-0.2, -0.15) is 0 Å². The van der Waals surface area contributed by atoms with E-state index in [0.29, 0.717) is 28.4 Å². The summed E-state index contributed by atoms with van der Waals surface area (Å²) in [6.07, 6.45) is 1.51. The molecule has 7 heteroatoms. The fraction of sp³-hybridized carbons (Fsp3) is 0.533. The minimum atomic E-state index is -0.587. The number of piperidine rings is 1. The van der Waals surface area contributed by atoms with E-state index in [0.717, 1.165) is 19.4 Å².